The fourth-order valence-electron chi connectivity index (χ4n) is 2.67. The van der Waals surface area contributed by atoms with Crippen LogP contribution in [-0.4, -0.2) is 30.4 Å². The molecule has 1 aromatic carbocycles. The third-order valence-electron chi connectivity index (χ3n) is 3.86. The van der Waals surface area contributed by atoms with Crippen LogP contribution in [0.3, 0.4) is 0 Å². The lowest BCUT2D eigenvalue weighted by molar-refractivity contribution is 0.0728. The van der Waals surface area contributed by atoms with Crippen molar-refractivity contribution in [2.24, 2.45) is 5.92 Å². The first-order valence-corrected chi connectivity index (χ1v) is 7.13. The Labute approximate surface area is 116 Å². The molecule has 0 aromatic heterocycles. The van der Waals surface area contributed by atoms with Crippen LogP contribution < -0.4 is 5.32 Å². The summed E-state index contributed by atoms with van der Waals surface area (Å²) in [6, 6.07) is 6.29. The second-order valence-corrected chi connectivity index (χ2v) is 5.94. The van der Waals surface area contributed by atoms with Gasteiger partial charge in [0.2, 0.25) is 0 Å². The molecule has 1 amide bonds. The molecule has 1 N–H and O–H groups in total. The van der Waals surface area contributed by atoms with Gasteiger partial charge in [-0.05, 0) is 43.4 Å². The molecule has 0 saturated carbocycles. The van der Waals surface area contributed by atoms with Crippen molar-refractivity contribution >= 4 is 11.6 Å². The molecule has 0 saturated heterocycles. The number of carbonyl (C=O) groups is 1. The Balaban J connectivity index is 2.11. The van der Waals surface area contributed by atoms with Gasteiger partial charge in [0.05, 0.1) is 0 Å². The summed E-state index contributed by atoms with van der Waals surface area (Å²) < 4.78 is 0. The van der Waals surface area contributed by atoms with Gasteiger partial charge in [-0.1, -0.05) is 19.9 Å². The lowest BCUT2D eigenvalue weighted by Crippen LogP contribution is -2.35. The molecular formula is C16H24N2O. The van der Waals surface area contributed by atoms with Crippen LogP contribution >= 0.6 is 0 Å². The van der Waals surface area contributed by atoms with Crippen molar-refractivity contribution in [2.45, 2.75) is 39.7 Å². The van der Waals surface area contributed by atoms with Gasteiger partial charge in [-0.3, -0.25) is 4.79 Å². The molecule has 0 spiro atoms. The second kappa shape index (κ2) is 5.64. The van der Waals surface area contributed by atoms with Crippen molar-refractivity contribution in [3.63, 3.8) is 0 Å². The molecule has 19 heavy (non-hydrogen) atoms. The third kappa shape index (κ3) is 3.09. The molecule has 3 nitrogen and oxygen atoms in total. The predicted octanol–water partition coefficient (Wildman–Crippen LogP) is 3.16. The van der Waals surface area contributed by atoms with Crippen molar-refractivity contribution in [1.29, 1.82) is 0 Å². The quantitative estimate of drug-likeness (QED) is 0.902. The minimum Gasteiger partial charge on any atom is -0.384 e. The Hall–Kier alpha value is -1.51. The zero-order valence-electron chi connectivity index (χ0n) is 12.4. The van der Waals surface area contributed by atoms with E-state index >= 15 is 0 Å². The van der Waals surface area contributed by atoms with Crippen LogP contribution in [0.4, 0.5) is 5.69 Å². The van der Waals surface area contributed by atoms with E-state index in [4.69, 9.17) is 0 Å². The molecule has 1 aliphatic rings. The standard InChI is InChI=1S/C16H24N2O/c1-11(2)9-12(3)18(4)16(19)14-6-5-13-7-8-17-15(13)10-14/h5-6,10-12,17H,7-9H2,1-4H3. The molecule has 104 valence electrons. The number of nitrogens with zero attached hydrogens (tertiary/aromatic N) is 1. The lowest BCUT2D eigenvalue weighted by atomic mass is 10.0. The van der Waals surface area contributed by atoms with Crippen molar-refractivity contribution in [1.82, 2.24) is 4.90 Å². The van der Waals surface area contributed by atoms with Gasteiger partial charge in [0.15, 0.2) is 0 Å². The Morgan fingerprint density at radius 1 is 1.37 bits per heavy atom. The van der Waals surface area contributed by atoms with Crippen LogP contribution in [0, 0.1) is 5.92 Å². The maximum atomic E-state index is 12.5. The largest absolute Gasteiger partial charge is 0.384 e. The summed E-state index contributed by atoms with van der Waals surface area (Å²) in [6.07, 6.45) is 2.09. The van der Waals surface area contributed by atoms with Crippen LogP contribution in [-0.2, 0) is 6.42 Å². The molecule has 1 aromatic rings. The number of hydrogen-bond donors (Lipinski definition) is 1. The first-order valence-electron chi connectivity index (χ1n) is 7.13. The Kier molecular flexibility index (Phi) is 4.13. The van der Waals surface area contributed by atoms with E-state index in [1.54, 1.807) is 0 Å². The Morgan fingerprint density at radius 2 is 2.11 bits per heavy atom. The van der Waals surface area contributed by atoms with Gasteiger partial charge in [-0.2, -0.15) is 0 Å². The molecule has 0 radical (unpaired) electrons. The van der Waals surface area contributed by atoms with Crippen LogP contribution in [0.25, 0.3) is 0 Å². The topological polar surface area (TPSA) is 32.3 Å². The van der Waals surface area contributed by atoms with Crippen LogP contribution in [0.15, 0.2) is 18.2 Å². The van der Waals surface area contributed by atoms with Crippen LogP contribution in [0.5, 0.6) is 0 Å². The minimum absolute atomic E-state index is 0.115. The molecule has 1 heterocycles. The molecule has 0 fully saturated rings. The Bertz CT molecular complexity index is 468. The highest BCUT2D eigenvalue weighted by Crippen LogP contribution is 2.24. The number of carbonyl (C=O) groups excluding carboxylic acids is 1. The summed E-state index contributed by atoms with van der Waals surface area (Å²) in [7, 11) is 1.90. The lowest BCUT2D eigenvalue weighted by Gasteiger charge is -2.26. The zero-order chi connectivity index (χ0) is 14.0. The molecular weight excluding hydrogens is 236 g/mol. The summed E-state index contributed by atoms with van der Waals surface area (Å²) in [5.74, 6) is 0.719. The van der Waals surface area contributed by atoms with Crippen molar-refractivity contribution < 1.29 is 4.79 Å². The predicted molar refractivity (Wildman–Crippen MR) is 79.6 cm³/mol. The van der Waals surface area contributed by atoms with E-state index in [-0.39, 0.29) is 11.9 Å². The molecule has 0 bridgehead atoms. The summed E-state index contributed by atoms with van der Waals surface area (Å²) in [6.45, 7) is 7.47. The number of nitrogens with one attached hydrogen (secondary N) is 1. The van der Waals surface area contributed by atoms with Crippen molar-refractivity contribution in [2.75, 3.05) is 18.9 Å². The van der Waals surface area contributed by atoms with Crippen LogP contribution in [0.1, 0.15) is 43.1 Å². The summed E-state index contributed by atoms with van der Waals surface area (Å²) in [4.78, 5) is 14.3. The van der Waals surface area contributed by atoms with Gasteiger partial charge in [0, 0.05) is 30.9 Å². The molecule has 1 unspecified atom stereocenters. The first kappa shape index (κ1) is 13.9. The summed E-state index contributed by atoms with van der Waals surface area (Å²) in [5, 5.41) is 3.33. The average Bonchev–Trinajstić information content (AvgIpc) is 2.83. The highest BCUT2D eigenvalue weighted by atomic mass is 16.2. The zero-order valence-corrected chi connectivity index (χ0v) is 12.4. The number of fused-ring (bicyclic) bond motifs is 1. The maximum absolute atomic E-state index is 12.5. The number of hydrogen-bond acceptors (Lipinski definition) is 2. The molecule has 1 atom stereocenters. The smallest absolute Gasteiger partial charge is 0.253 e. The van der Waals surface area contributed by atoms with Gasteiger partial charge in [-0.25, -0.2) is 0 Å². The molecule has 0 aliphatic carbocycles. The first-order chi connectivity index (χ1) is 8.99. The summed E-state index contributed by atoms with van der Waals surface area (Å²) >= 11 is 0. The number of benzene rings is 1. The van der Waals surface area contributed by atoms with E-state index < -0.39 is 0 Å². The third-order valence-corrected chi connectivity index (χ3v) is 3.86. The highest BCUT2D eigenvalue weighted by molar-refractivity contribution is 5.95. The van der Waals surface area contributed by atoms with Gasteiger partial charge in [0.1, 0.15) is 0 Å². The van der Waals surface area contributed by atoms with Gasteiger partial charge >= 0.3 is 0 Å². The average molecular weight is 260 g/mol. The van der Waals surface area contributed by atoms with E-state index in [1.807, 2.05) is 24.1 Å². The normalized spacial score (nSPS) is 15.0. The monoisotopic (exact) mass is 260 g/mol. The van der Waals surface area contributed by atoms with Crippen molar-refractivity contribution in [3.05, 3.63) is 29.3 Å². The Morgan fingerprint density at radius 3 is 2.79 bits per heavy atom. The van der Waals surface area contributed by atoms with Gasteiger partial charge < -0.3 is 10.2 Å². The molecule has 3 heteroatoms. The minimum atomic E-state index is 0.115. The van der Waals surface area contributed by atoms with E-state index in [1.165, 1.54) is 5.56 Å². The van der Waals surface area contributed by atoms with E-state index in [2.05, 4.69) is 32.2 Å². The fraction of sp³-hybridized carbons (Fsp3) is 0.562. The van der Waals surface area contributed by atoms with Gasteiger partial charge in [0.25, 0.3) is 5.91 Å². The van der Waals surface area contributed by atoms with Gasteiger partial charge in [-0.15, -0.1) is 0 Å². The molecule has 2 rings (SSSR count). The van der Waals surface area contributed by atoms with E-state index in [0.29, 0.717) is 5.92 Å². The summed E-state index contributed by atoms with van der Waals surface area (Å²) in [5.41, 5.74) is 3.22. The fourth-order valence-corrected chi connectivity index (χ4v) is 2.67. The molecule has 1 aliphatic heterocycles. The number of amides is 1. The van der Waals surface area contributed by atoms with E-state index in [0.717, 1.165) is 30.6 Å². The van der Waals surface area contributed by atoms with E-state index in [9.17, 15) is 4.79 Å². The second-order valence-electron chi connectivity index (χ2n) is 5.94. The van der Waals surface area contributed by atoms with Crippen molar-refractivity contribution in [3.8, 4) is 0 Å². The highest BCUT2D eigenvalue weighted by Gasteiger charge is 2.20. The number of anilines is 1. The number of rotatable bonds is 4. The van der Waals surface area contributed by atoms with Crippen LogP contribution in [0.2, 0.25) is 0 Å². The SMILES string of the molecule is CC(C)CC(C)N(C)C(=O)c1ccc2c(c1)NCC2. The maximum Gasteiger partial charge on any atom is 0.253 e.